The predicted molar refractivity (Wildman–Crippen MR) is 248 cm³/mol. The monoisotopic (exact) mass is 745 g/mol. The third kappa shape index (κ3) is 6.77. The van der Waals surface area contributed by atoms with Crippen molar-refractivity contribution in [2.45, 2.75) is 32.1 Å². The molecule has 1 heteroatoms. The van der Waals surface area contributed by atoms with Gasteiger partial charge in [0.1, 0.15) is 0 Å². The van der Waals surface area contributed by atoms with E-state index < -0.39 is 0 Å². The van der Waals surface area contributed by atoms with Crippen LogP contribution >= 0.6 is 0 Å². The van der Waals surface area contributed by atoms with Gasteiger partial charge in [-0.1, -0.05) is 195 Å². The van der Waals surface area contributed by atoms with Crippen LogP contribution in [0.3, 0.4) is 0 Å². The van der Waals surface area contributed by atoms with Crippen LogP contribution in [0, 0.1) is 11.8 Å². The number of allylic oxidation sites excluding steroid dienone is 5. The molecule has 3 unspecified atom stereocenters. The highest BCUT2D eigenvalue weighted by atomic mass is 15.1. The number of hydrogen-bond acceptors (Lipinski definition) is 1. The molecule has 280 valence electrons. The first kappa shape index (κ1) is 35.7. The first-order valence-electron chi connectivity index (χ1n) is 20.9. The summed E-state index contributed by atoms with van der Waals surface area (Å²) in [5.41, 5.74) is 14.1. The molecule has 8 aromatic carbocycles. The molecule has 58 heavy (non-hydrogen) atoms. The molecule has 0 fully saturated rings. The fourth-order valence-electron chi connectivity index (χ4n) is 9.52. The van der Waals surface area contributed by atoms with Crippen molar-refractivity contribution in [1.82, 2.24) is 0 Å². The number of para-hydroxylation sites is 2. The third-order valence-corrected chi connectivity index (χ3v) is 12.3. The fraction of sp³-hybridized carbons (Fsp3) is 0.123. The van der Waals surface area contributed by atoms with Crippen molar-refractivity contribution in [2.24, 2.45) is 11.8 Å². The summed E-state index contributed by atoms with van der Waals surface area (Å²) in [5.74, 6) is 1.13. The van der Waals surface area contributed by atoms with Crippen molar-refractivity contribution in [2.75, 3.05) is 4.90 Å². The molecule has 0 heterocycles. The predicted octanol–water partition coefficient (Wildman–Crippen LogP) is 15.5. The zero-order valence-electron chi connectivity index (χ0n) is 33.0. The maximum Gasteiger partial charge on any atom is 0.0624 e. The lowest BCUT2D eigenvalue weighted by Crippen LogP contribution is -2.13. The molecule has 0 bridgehead atoms. The molecule has 1 nitrogen and oxygen atoms in total. The molecule has 3 atom stereocenters. The van der Waals surface area contributed by atoms with Gasteiger partial charge in [-0.3, -0.25) is 0 Å². The van der Waals surface area contributed by atoms with Gasteiger partial charge in [-0.15, -0.1) is 0 Å². The second-order valence-electron chi connectivity index (χ2n) is 16.1. The van der Waals surface area contributed by atoms with Gasteiger partial charge in [0.05, 0.1) is 5.69 Å². The van der Waals surface area contributed by atoms with Gasteiger partial charge in [0.15, 0.2) is 0 Å². The smallest absolute Gasteiger partial charge is 0.0624 e. The molecule has 10 rings (SSSR count). The molecular weight excluding hydrogens is 699 g/mol. The number of nitrogens with zero attached hydrogens (tertiary/aromatic N) is 1. The summed E-state index contributed by atoms with van der Waals surface area (Å²) in [6, 6.07) is 67.2. The van der Waals surface area contributed by atoms with Crippen molar-refractivity contribution in [3.63, 3.8) is 0 Å². The van der Waals surface area contributed by atoms with E-state index in [1.807, 2.05) is 0 Å². The Labute approximate surface area is 343 Å². The highest BCUT2D eigenvalue weighted by Gasteiger charge is 2.27. The summed E-state index contributed by atoms with van der Waals surface area (Å²) in [6.07, 6.45) is 15.1. The second-order valence-corrected chi connectivity index (χ2v) is 16.1. The molecule has 2 aliphatic rings. The first-order valence-corrected chi connectivity index (χ1v) is 20.9. The molecule has 0 saturated carbocycles. The van der Waals surface area contributed by atoms with E-state index in [0.717, 1.165) is 30.6 Å². The molecule has 0 saturated heterocycles. The maximum absolute atomic E-state index is 2.50. The van der Waals surface area contributed by atoms with Crippen LogP contribution in [0.1, 0.15) is 53.5 Å². The van der Waals surface area contributed by atoms with Crippen molar-refractivity contribution < 1.29 is 0 Å². The van der Waals surface area contributed by atoms with Gasteiger partial charge >= 0.3 is 0 Å². The Kier molecular flexibility index (Phi) is 9.65. The van der Waals surface area contributed by atoms with Crippen molar-refractivity contribution in [3.8, 4) is 11.1 Å². The number of rotatable bonds is 9. The van der Waals surface area contributed by atoms with Crippen LogP contribution in [-0.2, 0) is 6.42 Å². The van der Waals surface area contributed by atoms with Crippen LogP contribution in [0.5, 0.6) is 0 Å². The third-order valence-electron chi connectivity index (χ3n) is 12.3. The van der Waals surface area contributed by atoms with E-state index in [1.165, 1.54) is 71.7 Å². The van der Waals surface area contributed by atoms with Gasteiger partial charge in [-0.25, -0.2) is 0 Å². The van der Waals surface area contributed by atoms with Crippen LogP contribution in [0.2, 0.25) is 0 Å². The lowest BCUT2D eigenvalue weighted by Gasteiger charge is -2.32. The summed E-state index contributed by atoms with van der Waals surface area (Å²) < 4.78 is 0. The molecule has 0 radical (unpaired) electrons. The van der Waals surface area contributed by atoms with E-state index in [1.54, 1.807) is 0 Å². The summed E-state index contributed by atoms with van der Waals surface area (Å²) in [6.45, 7) is 2.32. The zero-order chi connectivity index (χ0) is 38.8. The molecule has 2 aliphatic carbocycles. The van der Waals surface area contributed by atoms with Gasteiger partial charge in [-0.2, -0.15) is 0 Å². The Balaban J connectivity index is 1.20. The second kappa shape index (κ2) is 15.7. The van der Waals surface area contributed by atoms with Gasteiger partial charge in [0.2, 0.25) is 0 Å². The lowest BCUT2D eigenvalue weighted by molar-refractivity contribution is 0.552. The van der Waals surface area contributed by atoms with Gasteiger partial charge in [-0.05, 0) is 110 Å². The van der Waals surface area contributed by atoms with Gasteiger partial charge in [0.25, 0.3) is 0 Å². The normalized spacial score (nSPS) is 16.5. The summed E-state index contributed by atoms with van der Waals surface area (Å²) >= 11 is 0. The van der Waals surface area contributed by atoms with Gasteiger partial charge in [0, 0.05) is 28.2 Å². The standard InChI is InChI=1S/C57H47N/c1-40-28-36-50-47(38-40)34-33-46-35-37-53(57(56(46)50)58(48-22-10-4-11-23-48)49-24-12-5-13-25-49)51-26-14-20-45-21-15-27-52(55(45)51)54(44-18-8-3-9-19-44)39-41-29-31-43(32-30-41)42-16-6-2-7-17-42/h2-29,31-37,40-41,54H,30,38-39H2,1H3. The number of fused-ring (bicyclic) bond motifs is 4. The van der Waals surface area contributed by atoms with Crippen LogP contribution in [0.25, 0.3) is 44.3 Å². The minimum atomic E-state index is 0.202. The Hall–Kier alpha value is -6.70. The van der Waals surface area contributed by atoms with E-state index in [4.69, 9.17) is 0 Å². The summed E-state index contributed by atoms with van der Waals surface area (Å²) in [5, 5.41) is 5.15. The van der Waals surface area contributed by atoms with Crippen LogP contribution in [0.4, 0.5) is 17.1 Å². The van der Waals surface area contributed by atoms with Crippen molar-refractivity contribution in [3.05, 3.63) is 234 Å². The summed E-state index contributed by atoms with van der Waals surface area (Å²) in [7, 11) is 0. The molecule has 0 aromatic heterocycles. The number of anilines is 3. The van der Waals surface area contributed by atoms with Crippen molar-refractivity contribution in [1.29, 1.82) is 0 Å². The Morgan fingerprint density at radius 1 is 0.552 bits per heavy atom. The van der Waals surface area contributed by atoms with Crippen LogP contribution in [-0.4, -0.2) is 0 Å². The average Bonchev–Trinajstić information content (AvgIpc) is 3.29. The Bertz CT molecular complexity index is 2770. The lowest BCUT2D eigenvalue weighted by atomic mass is 9.78. The molecule has 0 aliphatic heterocycles. The zero-order valence-corrected chi connectivity index (χ0v) is 33.0. The quantitative estimate of drug-likeness (QED) is 0.142. The topological polar surface area (TPSA) is 3.24 Å². The molecule has 0 N–H and O–H groups in total. The number of benzene rings is 8. The SMILES string of the molecule is CC1C=Cc2c(ccc3ccc(-c4cccc5cccc(C(CC6C=CC(c7ccccc7)=CC6)c6ccccc6)c45)c(N(c4ccccc4)c4ccccc4)c23)C1. The Morgan fingerprint density at radius 3 is 1.88 bits per heavy atom. The van der Waals surface area contributed by atoms with Crippen LogP contribution in [0.15, 0.2) is 206 Å². The van der Waals surface area contributed by atoms with Gasteiger partial charge < -0.3 is 4.90 Å². The first-order chi connectivity index (χ1) is 28.7. The van der Waals surface area contributed by atoms with E-state index >= 15 is 0 Å². The fourth-order valence-corrected chi connectivity index (χ4v) is 9.52. The largest absolute Gasteiger partial charge is 0.309 e. The Morgan fingerprint density at radius 2 is 1.19 bits per heavy atom. The molecular formula is C57H47N. The summed E-state index contributed by atoms with van der Waals surface area (Å²) in [4.78, 5) is 2.50. The molecule has 8 aromatic rings. The van der Waals surface area contributed by atoms with Crippen molar-refractivity contribution >= 4 is 50.3 Å². The molecule has 0 amide bonds. The minimum absolute atomic E-state index is 0.202. The van der Waals surface area contributed by atoms with Crippen LogP contribution < -0.4 is 4.90 Å². The van der Waals surface area contributed by atoms with E-state index in [2.05, 4.69) is 224 Å². The maximum atomic E-state index is 2.50. The number of hydrogen-bond donors (Lipinski definition) is 0. The highest BCUT2D eigenvalue weighted by Crippen LogP contribution is 2.50. The average molecular weight is 746 g/mol. The minimum Gasteiger partial charge on any atom is -0.309 e. The molecule has 0 spiro atoms. The van der Waals surface area contributed by atoms with E-state index in [-0.39, 0.29) is 5.92 Å². The van der Waals surface area contributed by atoms with E-state index in [0.29, 0.717) is 11.8 Å². The highest BCUT2D eigenvalue weighted by molar-refractivity contribution is 6.13. The van der Waals surface area contributed by atoms with E-state index in [9.17, 15) is 0 Å².